The molecule has 4 heteroatoms. The van der Waals surface area contributed by atoms with E-state index in [1.165, 1.54) is 0 Å². The standard InChI is InChI=1S/C15H15NO3/c1-10-3-5-12-13(7-10)19-14(9-18-12)11-4-6-15(17-2)16-8-11/h3-8,14H,9H2,1-2H3. The highest BCUT2D eigenvalue weighted by Crippen LogP contribution is 2.36. The summed E-state index contributed by atoms with van der Waals surface area (Å²) in [5.74, 6) is 2.17. The van der Waals surface area contributed by atoms with Crippen LogP contribution in [0.3, 0.4) is 0 Å². The van der Waals surface area contributed by atoms with E-state index in [4.69, 9.17) is 14.2 Å². The molecule has 4 nitrogen and oxygen atoms in total. The van der Waals surface area contributed by atoms with Crippen molar-refractivity contribution in [3.63, 3.8) is 0 Å². The van der Waals surface area contributed by atoms with E-state index in [-0.39, 0.29) is 6.10 Å². The van der Waals surface area contributed by atoms with Gasteiger partial charge in [-0.1, -0.05) is 6.07 Å². The van der Waals surface area contributed by atoms with Crippen molar-refractivity contribution in [1.29, 1.82) is 0 Å². The molecule has 0 aliphatic carbocycles. The second-order valence-electron chi connectivity index (χ2n) is 4.50. The van der Waals surface area contributed by atoms with Gasteiger partial charge in [-0.05, 0) is 30.7 Å². The van der Waals surface area contributed by atoms with Crippen LogP contribution in [0.5, 0.6) is 17.4 Å². The average molecular weight is 257 g/mol. The number of hydrogen-bond acceptors (Lipinski definition) is 4. The summed E-state index contributed by atoms with van der Waals surface area (Å²) in [5.41, 5.74) is 2.13. The molecule has 0 radical (unpaired) electrons. The fourth-order valence-corrected chi connectivity index (χ4v) is 2.05. The first-order valence-corrected chi connectivity index (χ1v) is 6.16. The predicted molar refractivity (Wildman–Crippen MR) is 70.8 cm³/mol. The number of ether oxygens (including phenoxy) is 3. The number of aryl methyl sites for hydroxylation is 1. The first kappa shape index (κ1) is 11.8. The summed E-state index contributed by atoms with van der Waals surface area (Å²) in [6.45, 7) is 2.52. The lowest BCUT2D eigenvalue weighted by Crippen LogP contribution is -2.21. The normalized spacial score (nSPS) is 17.1. The Morgan fingerprint density at radius 3 is 2.84 bits per heavy atom. The number of benzene rings is 1. The summed E-state index contributed by atoms with van der Waals surface area (Å²) in [7, 11) is 1.60. The Bertz CT molecular complexity index is 580. The van der Waals surface area contributed by atoms with Gasteiger partial charge in [0.2, 0.25) is 5.88 Å². The summed E-state index contributed by atoms with van der Waals surface area (Å²) in [6.07, 6.45) is 1.63. The summed E-state index contributed by atoms with van der Waals surface area (Å²) in [6, 6.07) is 9.70. The van der Waals surface area contributed by atoms with Gasteiger partial charge in [0.1, 0.15) is 6.61 Å². The summed E-state index contributed by atoms with van der Waals surface area (Å²) in [4.78, 5) is 4.19. The molecule has 0 fully saturated rings. The molecular formula is C15H15NO3. The Kier molecular flexibility index (Phi) is 2.99. The van der Waals surface area contributed by atoms with Crippen LogP contribution in [0.4, 0.5) is 0 Å². The van der Waals surface area contributed by atoms with E-state index >= 15 is 0 Å². The van der Waals surface area contributed by atoms with Gasteiger partial charge >= 0.3 is 0 Å². The number of methoxy groups -OCH3 is 1. The molecule has 1 atom stereocenters. The van der Waals surface area contributed by atoms with E-state index in [1.54, 1.807) is 13.3 Å². The number of rotatable bonds is 2. The lowest BCUT2D eigenvalue weighted by atomic mass is 10.1. The highest BCUT2D eigenvalue weighted by atomic mass is 16.6. The fourth-order valence-electron chi connectivity index (χ4n) is 2.05. The third-order valence-electron chi connectivity index (χ3n) is 3.10. The Morgan fingerprint density at radius 1 is 1.21 bits per heavy atom. The number of hydrogen-bond donors (Lipinski definition) is 0. The maximum absolute atomic E-state index is 5.97. The molecule has 0 saturated heterocycles. The number of nitrogens with zero attached hydrogens (tertiary/aromatic N) is 1. The molecule has 1 aromatic carbocycles. The minimum atomic E-state index is -0.132. The molecular weight excluding hydrogens is 242 g/mol. The van der Waals surface area contributed by atoms with Crippen molar-refractivity contribution in [1.82, 2.24) is 4.98 Å². The molecule has 19 heavy (non-hydrogen) atoms. The molecule has 1 unspecified atom stereocenters. The highest BCUT2D eigenvalue weighted by Gasteiger charge is 2.22. The second-order valence-corrected chi connectivity index (χ2v) is 4.50. The van der Waals surface area contributed by atoms with Crippen molar-refractivity contribution in [3.8, 4) is 17.4 Å². The van der Waals surface area contributed by atoms with E-state index in [0.717, 1.165) is 22.6 Å². The van der Waals surface area contributed by atoms with Crippen LogP contribution in [0.15, 0.2) is 36.5 Å². The Morgan fingerprint density at radius 2 is 2.11 bits per heavy atom. The van der Waals surface area contributed by atoms with Crippen LogP contribution in [0, 0.1) is 6.92 Å². The van der Waals surface area contributed by atoms with Crippen LogP contribution >= 0.6 is 0 Å². The molecule has 0 spiro atoms. The van der Waals surface area contributed by atoms with Gasteiger partial charge in [0.25, 0.3) is 0 Å². The van der Waals surface area contributed by atoms with Crippen LogP contribution in [0.1, 0.15) is 17.2 Å². The van der Waals surface area contributed by atoms with Crippen LogP contribution in [-0.4, -0.2) is 18.7 Å². The van der Waals surface area contributed by atoms with Gasteiger partial charge in [0, 0.05) is 17.8 Å². The molecule has 2 aromatic rings. The summed E-state index contributed by atoms with van der Waals surface area (Å²) < 4.78 is 16.7. The van der Waals surface area contributed by atoms with Crippen LogP contribution < -0.4 is 14.2 Å². The van der Waals surface area contributed by atoms with Crippen molar-refractivity contribution in [3.05, 3.63) is 47.7 Å². The molecule has 1 aliphatic heterocycles. The largest absolute Gasteiger partial charge is 0.485 e. The van der Waals surface area contributed by atoms with Gasteiger partial charge < -0.3 is 14.2 Å². The van der Waals surface area contributed by atoms with Crippen molar-refractivity contribution >= 4 is 0 Å². The van der Waals surface area contributed by atoms with Gasteiger partial charge in [-0.15, -0.1) is 0 Å². The molecule has 0 N–H and O–H groups in total. The zero-order valence-electron chi connectivity index (χ0n) is 10.9. The zero-order valence-corrected chi connectivity index (χ0v) is 10.9. The van der Waals surface area contributed by atoms with Gasteiger partial charge in [-0.25, -0.2) is 4.98 Å². The first-order valence-electron chi connectivity index (χ1n) is 6.16. The molecule has 0 bridgehead atoms. The molecule has 2 heterocycles. The van der Waals surface area contributed by atoms with Crippen LogP contribution in [-0.2, 0) is 0 Å². The summed E-state index contributed by atoms with van der Waals surface area (Å²) in [5, 5.41) is 0. The van der Waals surface area contributed by atoms with E-state index in [9.17, 15) is 0 Å². The van der Waals surface area contributed by atoms with E-state index in [0.29, 0.717) is 12.5 Å². The molecule has 0 saturated carbocycles. The van der Waals surface area contributed by atoms with Gasteiger partial charge in [0.05, 0.1) is 7.11 Å². The van der Waals surface area contributed by atoms with Crippen molar-refractivity contribution in [2.75, 3.05) is 13.7 Å². The van der Waals surface area contributed by atoms with Gasteiger partial charge in [-0.3, -0.25) is 0 Å². The predicted octanol–water partition coefficient (Wildman–Crippen LogP) is 2.91. The van der Waals surface area contributed by atoms with Crippen LogP contribution in [0.2, 0.25) is 0 Å². The monoisotopic (exact) mass is 257 g/mol. The van der Waals surface area contributed by atoms with Crippen molar-refractivity contribution < 1.29 is 14.2 Å². The SMILES string of the molecule is COc1ccc(C2COc3ccc(C)cc3O2)cn1. The molecule has 1 aromatic heterocycles. The quantitative estimate of drug-likeness (QED) is 0.829. The van der Waals surface area contributed by atoms with E-state index in [1.807, 2.05) is 37.3 Å². The first-order chi connectivity index (χ1) is 9.26. The minimum Gasteiger partial charge on any atom is -0.485 e. The smallest absolute Gasteiger partial charge is 0.212 e. The molecule has 3 rings (SSSR count). The lowest BCUT2D eigenvalue weighted by Gasteiger charge is -2.26. The van der Waals surface area contributed by atoms with Gasteiger partial charge in [-0.2, -0.15) is 0 Å². The third kappa shape index (κ3) is 2.34. The topological polar surface area (TPSA) is 40.6 Å². The highest BCUT2D eigenvalue weighted by molar-refractivity contribution is 5.44. The Balaban J connectivity index is 1.84. The maximum Gasteiger partial charge on any atom is 0.212 e. The van der Waals surface area contributed by atoms with Crippen molar-refractivity contribution in [2.45, 2.75) is 13.0 Å². The molecule has 98 valence electrons. The Hall–Kier alpha value is -2.23. The summed E-state index contributed by atoms with van der Waals surface area (Å²) >= 11 is 0. The van der Waals surface area contributed by atoms with Crippen molar-refractivity contribution in [2.24, 2.45) is 0 Å². The molecule has 1 aliphatic rings. The maximum atomic E-state index is 5.97. The number of pyridine rings is 1. The minimum absolute atomic E-state index is 0.132. The lowest BCUT2D eigenvalue weighted by molar-refractivity contribution is 0.0909. The number of fused-ring (bicyclic) bond motifs is 1. The second kappa shape index (κ2) is 4.80. The average Bonchev–Trinajstić information content (AvgIpc) is 2.46. The molecule has 0 amide bonds. The number of aromatic nitrogens is 1. The Labute approximate surface area is 112 Å². The van der Waals surface area contributed by atoms with Crippen LogP contribution in [0.25, 0.3) is 0 Å². The van der Waals surface area contributed by atoms with E-state index < -0.39 is 0 Å². The fraction of sp³-hybridized carbons (Fsp3) is 0.267. The third-order valence-corrected chi connectivity index (χ3v) is 3.10. The van der Waals surface area contributed by atoms with E-state index in [2.05, 4.69) is 4.98 Å². The van der Waals surface area contributed by atoms with Gasteiger partial charge in [0.15, 0.2) is 17.6 Å². The zero-order chi connectivity index (χ0) is 13.2.